The second-order valence-corrected chi connectivity index (χ2v) is 7.54. The summed E-state index contributed by atoms with van der Waals surface area (Å²) >= 11 is 0. The van der Waals surface area contributed by atoms with Crippen LogP contribution in [-0.4, -0.2) is 18.1 Å². The molecule has 0 unspecified atom stereocenters. The van der Waals surface area contributed by atoms with Crippen LogP contribution in [0.15, 0.2) is 48.5 Å². The number of carbonyl (C=O) groups is 1. The number of fused-ring (bicyclic) bond motifs is 2. The van der Waals surface area contributed by atoms with Crippen LogP contribution in [-0.2, 0) is 23.0 Å². The molecule has 0 saturated heterocycles. The number of carbonyl (C=O) groups excluding carboxylic acids is 1. The summed E-state index contributed by atoms with van der Waals surface area (Å²) < 4.78 is 43.8. The van der Waals surface area contributed by atoms with Crippen molar-refractivity contribution in [3.8, 4) is 0 Å². The third-order valence-electron chi connectivity index (χ3n) is 5.51. The van der Waals surface area contributed by atoms with Gasteiger partial charge in [0.25, 0.3) is 0 Å². The van der Waals surface area contributed by atoms with Gasteiger partial charge < -0.3 is 9.64 Å². The molecule has 1 aromatic heterocycles. The Morgan fingerprint density at radius 2 is 1.90 bits per heavy atom. The molecule has 4 nitrogen and oxygen atoms in total. The fourth-order valence-corrected chi connectivity index (χ4v) is 3.94. The van der Waals surface area contributed by atoms with Gasteiger partial charge in [0.05, 0.1) is 29.3 Å². The maximum atomic E-state index is 13.0. The zero-order valence-electron chi connectivity index (χ0n) is 16.2. The largest absolute Gasteiger partial charge is 0.465 e. The van der Waals surface area contributed by atoms with E-state index in [1.807, 2.05) is 30.9 Å². The maximum absolute atomic E-state index is 13.0. The molecule has 7 heteroatoms. The number of anilines is 1. The van der Waals surface area contributed by atoms with Crippen LogP contribution < -0.4 is 4.90 Å². The molecule has 0 radical (unpaired) electrons. The molecular weight excluding hydrogens is 381 g/mol. The Labute approximate surface area is 165 Å². The van der Waals surface area contributed by atoms with Crippen molar-refractivity contribution in [3.63, 3.8) is 0 Å². The van der Waals surface area contributed by atoms with Crippen LogP contribution in [0.2, 0.25) is 0 Å². The van der Waals surface area contributed by atoms with Gasteiger partial charge in [0.2, 0.25) is 0 Å². The highest BCUT2D eigenvalue weighted by atomic mass is 19.4. The Balaban J connectivity index is 1.77. The van der Waals surface area contributed by atoms with E-state index >= 15 is 0 Å². The van der Waals surface area contributed by atoms with Crippen molar-refractivity contribution in [2.24, 2.45) is 0 Å². The van der Waals surface area contributed by atoms with E-state index in [0.717, 1.165) is 23.3 Å². The molecule has 0 aliphatic carbocycles. The van der Waals surface area contributed by atoms with Gasteiger partial charge in [-0.05, 0) is 61.4 Å². The molecule has 0 atom stereocenters. The zero-order chi connectivity index (χ0) is 21.0. The highest BCUT2D eigenvalue weighted by Gasteiger charge is 2.40. The number of nitrogens with zero attached hydrogens (tertiary/aromatic N) is 2. The van der Waals surface area contributed by atoms with Crippen LogP contribution in [0, 0.1) is 0 Å². The molecule has 0 amide bonds. The lowest BCUT2D eigenvalue weighted by atomic mass is 9.91. The molecule has 150 valence electrons. The predicted octanol–water partition coefficient (Wildman–Crippen LogP) is 5.30. The summed E-state index contributed by atoms with van der Waals surface area (Å²) in [7, 11) is 1.35. The topological polar surface area (TPSA) is 42.4 Å². The number of methoxy groups -OCH3 is 1. The smallest absolute Gasteiger partial charge is 0.416 e. The Morgan fingerprint density at radius 1 is 1.14 bits per heavy atom. The van der Waals surface area contributed by atoms with Crippen molar-refractivity contribution in [1.29, 1.82) is 0 Å². The number of esters is 1. The van der Waals surface area contributed by atoms with E-state index < -0.39 is 23.2 Å². The first-order chi connectivity index (χ1) is 13.6. The summed E-state index contributed by atoms with van der Waals surface area (Å²) in [6.45, 7) is 4.50. The predicted molar refractivity (Wildman–Crippen MR) is 104 cm³/mol. The van der Waals surface area contributed by atoms with Gasteiger partial charge in [-0.15, -0.1) is 0 Å². The van der Waals surface area contributed by atoms with Crippen molar-refractivity contribution in [2.75, 3.05) is 12.0 Å². The zero-order valence-corrected chi connectivity index (χ0v) is 16.2. The molecule has 3 aromatic rings. The Morgan fingerprint density at radius 3 is 2.59 bits per heavy atom. The first kappa shape index (κ1) is 19.2. The van der Waals surface area contributed by atoms with Gasteiger partial charge in [0.15, 0.2) is 0 Å². The number of pyridine rings is 1. The molecule has 0 spiro atoms. The highest BCUT2D eigenvalue weighted by Crippen LogP contribution is 2.43. The van der Waals surface area contributed by atoms with Crippen LogP contribution in [0.5, 0.6) is 0 Å². The second kappa shape index (κ2) is 6.47. The van der Waals surface area contributed by atoms with Crippen LogP contribution in [0.25, 0.3) is 10.9 Å². The lowest BCUT2D eigenvalue weighted by Gasteiger charge is -2.33. The van der Waals surface area contributed by atoms with Crippen molar-refractivity contribution in [3.05, 3.63) is 70.8 Å². The van der Waals surface area contributed by atoms with E-state index in [4.69, 9.17) is 4.74 Å². The van der Waals surface area contributed by atoms with Gasteiger partial charge in [0.1, 0.15) is 5.82 Å². The number of ether oxygens (including phenoxy) is 1. The summed E-state index contributed by atoms with van der Waals surface area (Å²) in [5.41, 5.74) is 1.71. The lowest BCUT2D eigenvalue weighted by Crippen LogP contribution is -2.35. The molecule has 29 heavy (non-hydrogen) atoms. The molecule has 0 N–H and O–H groups in total. The third kappa shape index (κ3) is 3.10. The number of hydrogen-bond acceptors (Lipinski definition) is 4. The minimum atomic E-state index is -4.39. The Bertz CT molecular complexity index is 1120. The summed E-state index contributed by atoms with van der Waals surface area (Å²) in [5.74, 6) is 0.236. The third-order valence-corrected chi connectivity index (χ3v) is 5.51. The molecule has 2 heterocycles. The van der Waals surface area contributed by atoms with E-state index in [9.17, 15) is 18.0 Å². The monoisotopic (exact) mass is 400 g/mol. The molecule has 0 bridgehead atoms. The van der Waals surface area contributed by atoms with E-state index in [-0.39, 0.29) is 0 Å². The molecule has 0 fully saturated rings. The maximum Gasteiger partial charge on any atom is 0.416 e. The number of alkyl halides is 3. The minimum absolute atomic E-state index is 0.398. The fourth-order valence-electron chi connectivity index (χ4n) is 3.94. The number of hydrogen-bond donors (Lipinski definition) is 0. The first-order valence-corrected chi connectivity index (χ1v) is 9.09. The summed E-state index contributed by atoms with van der Waals surface area (Å²) in [4.78, 5) is 18.8. The van der Waals surface area contributed by atoms with Crippen LogP contribution in [0.1, 0.15) is 40.9 Å². The van der Waals surface area contributed by atoms with Gasteiger partial charge >= 0.3 is 12.1 Å². The summed E-state index contributed by atoms with van der Waals surface area (Å²) in [5, 5.41) is 0.424. The SMILES string of the molecule is COC(=O)c1cccc2c1CN(c1ccc3cc(C(F)(F)F)ccc3n1)C2(C)C. The summed E-state index contributed by atoms with van der Waals surface area (Å²) in [6, 6.07) is 12.4. The first-order valence-electron chi connectivity index (χ1n) is 9.09. The van der Waals surface area contributed by atoms with E-state index in [1.54, 1.807) is 18.2 Å². The number of halogens is 3. The standard InChI is InChI=1S/C22H19F3N2O2/c1-21(2)17-6-4-5-15(20(28)29-3)16(17)12-27(21)19-10-7-13-11-14(22(23,24)25)8-9-18(13)26-19/h4-11H,12H2,1-3H3. The van der Waals surface area contributed by atoms with Gasteiger partial charge in [0, 0.05) is 11.9 Å². The average molecular weight is 400 g/mol. The van der Waals surface area contributed by atoms with E-state index in [2.05, 4.69) is 4.98 Å². The van der Waals surface area contributed by atoms with Gasteiger partial charge in [-0.3, -0.25) is 0 Å². The van der Waals surface area contributed by atoms with Crippen molar-refractivity contribution in [1.82, 2.24) is 4.98 Å². The van der Waals surface area contributed by atoms with Crippen LogP contribution >= 0.6 is 0 Å². The Kier molecular flexibility index (Phi) is 4.29. The normalized spacial score (nSPS) is 15.4. The van der Waals surface area contributed by atoms with Crippen molar-refractivity contribution < 1.29 is 22.7 Å². The molecule has 1 aliphatic heterocycles. The average Bonchev–Trinajstić information content (AvgIpc) is 2.96. The number of benzene rings is 2. The Hall–Kier alpha value is -3.09. The van der Waals surface area contributed by atoms with Gasteiger partial charge in [-0.2, -0.15) is 13.2 Å². The van der Waals surface area contributed by atoms with E-state index in [0.29, 0.717) is 28.8 Å². The lowest BCUT2D eigenvalue weighted by molar-refractivity contribution is -0.137. The highest BCUT2D eigenvalue weighted by molar-refractivity contribution is 5.92. The van der Waals surface area contributed by atoms with Crippen molar-refractivity contribution >= 4 is 22.7 Å². The molecule has 1 aliphatic rings. The van der Waals surface area contributed by atoms with Crippen molar-refractivity contribution in [2.45, 2.75) is 32.1 Å². The van der Waals surface area contributed by atoms with Gasteiger partial charge in [-0.25, -0.2) is 9.78 Å². The summed E-state index contributed by atoms with van der Waals surface area (Å²) in [6.07, 6.45) is -4.39. The molecule has 0 saturated carbocycles. The molecular formula is C22H19F3N2O2. The van der Waals surface area contributed by atoms with Crippen LogP contribution in [0.3, 0.4) is 0 Å². The molecule has 2 aromatic carbocycles. The quantitative estimate of drug-likeness (QED) is 0.548. The fraction of sp³-hybridized carbons (Fsp3) is 0.273. The number of aromatic nitrogens is 1. The van der Waals surface area contributed by atoms with E-state index in [1.165, 1.54) is 13.2 Å². The second-order valence-electron chi connectivity index (χ2n) is 7.54. The van der Waals surface area contributed by atoms with Crippen LogP contribution in [0.4, 0.5) is 19.0 Å². The van der Waals surface area contributed by atoms with Gasteiger partial charge in [-0.1, -0.05) is 12.1 Å². The minimum Gasteiger partial charge on any atom is -0.465 e. The molecule has 4 rings (SSSR count). The number of rotatable bonds is 2.